The Labute approximate surface area is 102 Å². The smallest absolute Gasteiger partial charge is 0.356 e. The first-order valence-electron chi connectivity index (χ1n) is 5.58. The minimum Gasteiger partial charge on any atom is -0.356 e. The molecule has 18 heavy (non-hydrogen) atoms. The normalized spacial score (nSPS) is 20.3. The molecule has 1 fully saturated rings. The lowest BCUT2D eigenvalue weighted by molar-refractivity contribution is -0.144. The van der Waals surface area contributed by atoms with E-state index in [1.54, 1.807) is 0 Å². The molecule has 0 amide bonds. The van der Waals surface area contributed by atoms with E-state index in [1.807, 2.05) is 11.8 Å². The largest absolute Gasteiger partial charge is 0.451 e. The molecule has 1 aromatic rings. The van der Waals surface area contributed by atoms with Crippen molar-refractivity contribution in [3.05, 3.63) is 11.9 Å². The van der Waals surface area contributed by atoms with Crippen molar-refractivity contribution in [2.45, 2.75) is 19.5 Å². The number of anilines is 2. The van der Waals surface area contributed by atoms with Crippen molar-refractivity contribution in [2.75, 3.05) is 23.4 Å². The van der Waals surface area contributed by atoms with Crippen LogP contribution in [0.1, 0.15) is 19.2 Å². The average Bonchev–Trinajstić information content (AvgIpc) is 2.74. The molecular formula is C10H14F3N5. The van der Waals surface area contributed by atoms with Gasteiger partial charge in [0.15, 0.2) is 0 Å². The van der Waals surface area contributed by atoms with Gasteiger partial charge in [-0.2, -0.15) is 13.2 Å². The zero-order chi connectivity index (χ0) is 13.3. The summed E-state index contributed by atoms with van der Waals surface area (Å²) < 4.78 is 37.9. The van der Waals surface area contributed by atoms with Crippen LogP contribution in [0, 0.1) is 5.92 Å². The van der Waals surface area contributed by atoms with Crippen LogP contribution in [0.3, 0.4) is 0 Å². The summed E-state index contributed by atoms with van der Waals surface area (Å²) in [4.78, 5) is 8.69. The Kier molecular flexibility index (Phi) is 3.29. The number of nitrogens with zero attached hydrogens (tertiary/aromatic N) is 3. The molecule has 1 aliphatic rings. The van der Waals surface area contributed by atoms with Gasteiger partial charge in [0.05, 0.1) is 0 Å². The van der Waals surface area contributed by atoms with Gasteiger partial charge in [-0.05, 0) is 12.3 Å². The summed E-state index contributed by atoms with van der Waals surface area (Å²) in [6, 6.07) is 1.42. The summed E-state index contributed by atoms with van der Waals surface area (Å²) >= 11 is 0. The summed E-state index contributed by atoms with van der Waals surface area (Å²) in [5.74, 6) is 4.63. The van der Waals surface area contributed by atoms with Crippen molar-refractivity contribution in [3.63, 3.8) is 0 Å². The van der Waals surface area contributed by atoms with E-state index in [9.17, 15) is 13.2 Å². The van der Waals surface area contributed by atoms with Crippen LogP contribution in [0.2, 0.25) is 0 Å². The van der Waals surface area contributed by atoms with Gasteiger partial charge < -0.3 is 10.3 Å². The Balaban J connectivity index is 2.35. The lowest BCUT2D eigenvalue weighted by Gasteiger charge is -2.19. The van der Waals surface area contributed by atoms with Crippen LogP contribution in [0.5, 0.6) is 0 Å². The van der Waals surface area contributed by atoms with Crippen LogP contribution < -0.4 is 16.2 Å². The third-order valence-corrected chi connectivity index (χ3v) is 2.86. The maximum Gasteiger partial charge on any atom is 0.451 e. The Bertz CT molecular complexity index is 434. The fourth-order valence-corrected chi connectivity index (χ4v) is 1.94. The number of nitrogen functional groups attached to an aromatic ring is 1. The molecule has 0 bridgehead atoms. The minimum atomic E-state index is -4.58. The number of hydrogen-bond donors (Lipinski definition) is 2. The first-order chi connectivity index (χ1) is 8.40. The van der Waals surface area contributed by atoms with Gasteiger partial charge in [-0.3, -0.25) is 0 Å². The molecule has 1 atom stereocenters. The molecule has 5 nitrogen and oxygen atoms in total. The van der Waals surface area contributed by atoms with Crippen LogP contribution in [0.15, 0.2) is 6.07 Å². The molecule has 0 saturated carbocycles. The molecule has 1 aliphatic heterocycles. The number of nitrogens with one attached hydrogen (secondary N) is 1. The number of hydrogen-bond acceptors (Lipinski definition) is 5. The van der Waals surface area contributed by atoms with Crippen LogP contribution in [0.4, 0.5) is 24.8 Å². The summed E-state index contributed by atoms with van der Waals surface area (Å²) in [7, 11) is 0. The fourth-order valence-electron chi connectivity index (χ4n) is 1.94. The predicted octanol–water partition coefficient (Wildman–Crippen LogP) is 1.63. The SMILES string of the molecule is CC1CCN(c2cc(NN)nc(C(F)(F)F)n2)C1. The summed E-state index contributed by atoms with van der Waals surface area (Å²) in [5, 5.41) is 0. The highest BCUT2D eigenvalue weighted by Gasteiger charge is 2.36. The Morgan fingerprint density at radius 1 is 1.44 bits per heavy atom. The quantitative estimate of drug-likeness (QED) is 0.625. The van der Waals surface area contributed by atoms with Gasteiger partial charge in [0, 0.05) is 19.2 Å². The lowest BCUT2D eigenvalue weighted by atomic mass is 10.2. The molecule has 8 heteroatoms. The van der Waals surface area contributed by atoms with E-state index in [2.05, 4.69) is 15.4 Å². The minimum absolute atomic E-state index is 0.0353. The first-order valence-corrected chi connectivity index (χ1v) is 5.58. The molecule has 1 unspecified atom stereocenters. The molecule has 3 N–H and O–H groups in total. The zero-order valence-corrected chi connectivity index (χ0v) is 9.83. The number of hydrazine groups is 1. The molecule has 100 valence electrons. The molecular weight excluding hydrogens is 247 g/mol. The molecule has 1 saturated heterocycles. The van der Waals surface area contributed by atoms with Crippen LogP contribution in [0.25, 0.3) is 0 Å². The monoisotopic (exact) mass is 261 g/mol. The third kappa shape index (κ3) is 2.63. The maximum absolute atomic E-state index is 12.6. The van der Waals surface area contributed by atoms with Crippen LogP contribution in [-0.4, -0.2) is 23.1 Å². The number of alkyl halides is 3. The summed E-state index contributed by atoms with van der Waals surface area (Å²) in [5.41, 5.74) is 2.14. The maximum atomic E-state index is 12.6. The Hall–Kier alpha value is -1.57. The van der Waals surface area contributed by atoms with E-state index in [-0.39, 0.29) is 11.6 Å². The molecule has 0 spiro atoms. The number of aromatic nitrogens is 2. The molecule has 0 aliphatic carbocycles. The zero-order valence-electron chi connectivity index (χ0n) is 9.83. The summed E-state index contributed by atoms with van der Waals surface area (Å²) in [6.45, 7) is 3.44. The summed E-state index contributed by atoms with van der Waals surface area (Å²) in [6.07, 6.45) is -3.64. The van der Waals surface area contributed by atoms with Gasteiger partial charge in [-0.1, -0.05) is 6.92 Å². The molecule has 0 radical (unpaired) electrons. The standard InChI is InChI=1S/C10H14F3N5/c1-6-2-3-18(5-6)8-4-7(17-14)15-9(16-8)10(11,12)13/h4,6H,2-3,5,14H2,1H3,(H,15,16,17). The highest BCUT2D eigenvalue weighted by Crippen LogP contribution is 2.30. The van der Waals surface area contributed by atoms with E-state index in [1.165, 1.54) is 6.07 Å². The van der Waals surface area contributed by atoms with E-state index in [0.717, 1.165) is 6.42 Å². The van der Waals surface area contributed by atoms with E-state index in [4.69, 9.17) is 5.84 Å². The van der Waals surface area contributed by atoms with Crippen molar-refractivity contribution in [3.8, 4) is 0 Å². The molecule has 2 rings (SSSR count). The van der Waals surface area contributed by atoms with E-state index >= 15 is 0 Å². The average molecular weight is 261 g/mol. The van der Waals surface area contributed by atoms with Crippen LogP contribution >= 0.6 is 0 Å². The highest BCUT2D eigenvalue weighted by molar-refractivity contribution is 5.49. The number of rotatable bonds is 2. The van der Waals surface area contributed by atoms with Crippen molar-refractivity contribution < 1.29 is 13.2 Å². The third-order valence-electron chi connectivity index (χ3n) is 2.86. The Morgan fingerprint density at radius 2 is 2.17 bits per heavy atom. The Morgan fingerprint density at radius 3 is 2.67 bits per heavy atom. The second-order valence-electron chi connectivity index (χ2n) is 4.42. The number of halogens is 3. The second kappa shape index (κ2) is 4.60. The highest BCUT2D eigenvalue weighted by atomic mass is 19.4. The predicted molar refractivity (Wildman–Crippen MR) is 60.8 cm³/mol. The van der Waals surface area contributed by atoms with Crippen molar-refractivity contribution in [1.82, 2.24) is 9.97 Å². The van der Waals surface area contributed by atoms with Gasteiger partial charge in [0.1, 0.15) is 11.6 Å². The van der Waals surface area contributed by atoms with Crippen molar-refractivity contribution in [1.29, 1.82) is 0 Å². The van der Waals surface area contributed by atoms with Gasteiger partial charge in [-0.25, -0.2) is 15.8 Å². The van der Waals surface area contributed by atoms with E-state index in [0.29, 0.717) is 19.0 Å². The fraction of sp³-hybridized carbons (Fsp3) is 0.600. The topological polar surface area (TPSA) is 67.1 Å². The van der Waals surface area contributed by atoms with Crippen molar-refractivity contribution >= 4 is 11.6 Å². The first kappa shape index (κ1) is 12.9. The molecule has 0 aromatic carbocycles. The molecule has 2 heterocycles. The van der Waals surface area contributed by atoms with Gasteiger partial charge in [-0.15, -0.1) is 0 Å². The molecule has 1 aromatic heterocycles. The number of nitrogens with two attached hydrogens (primary N) is 1. The van der Waals surface area contributed by atoms with Crippen LogP contribution in [-0.2, 0) is 6.18 Å². The van der Waals surface area contributed by atoms with Gasteiger partial charge in [0.2, 0.25) is 5.82 Å². The lowest BCUT2D eigenvalue weighted by Crippen LogP contribution is -2.24. The second-order valence-corrected chi connectivity index (χ2v) is 4.42. The van der Waals surface area contributed by atoms with E-state index < -0.39 is 12.0 Å². The van der Waals surface area contributed by atoms with Gasteiger partial charge >= 0.3 is 6.18 Å². The van der Waals surface area contributed by atoms with Crippen molar-refractivity contribution in [2.24, 2.45) is 11.8 Å². The van der Waals surface area contributed by atoms with Gasteiger partial charge in [0.25, 0.3) is 0 Å².